The molecule has 2 fully saturated rings. The third-order valence-electron chi connectivity index (χ3n) is 6.05. The van der Waals surface area contributed by atoms with Gasteiger partial charge in [0.25, 0.3) is 10.2 Å². The van der Waals surface area contributed by atoms with Gasteiger partial charge >= 0.3 is 0 Å². The molecule has 1 unspecified atom stereocenters. The van der Waals surface area contributed by atoms with Crippen LogP contribution in [-0.2, 0) is 21.5 Å². The first-order valence-corrected chi connectivity index (χ1v) is 11.8. The summed E-state index contributed by atoms with van der Waals surface area (Å²) in [6.07, 6.45) is 1.46. The lowest BCUT2D eigenvalue weighted by molar-refractivity contribution is -0.138. The Morgan fingerprint density at radius 2 is 1.83 bits per heavy atom. The minimum absolute atomic E-state index is 0.0800. The third-order valence-corrected chi connectivity index (χ3v) is 7.96. The lowest BCUT2D eigenvalue weighted by Gasteiger charge is -2.39. The monoisotopic (exact) mass is 438 g/mol. The molecular weight excluding hydrogens is 408 g/mol. The van der Waals surface area contributed by atoms with Gasteiger partial charge in [-0.25, -0.2) is 0 Å². The van der Waals surface area contributed by atoms with Gasteiger partial charge in [0.15, 0.2) is 11.5 Å². The molecule has 0 N–H and O–H groups in total. The van der Waals surface area contributed by atoms with Crippen LogP contribution in [0.1, 0.15) is 18.4 Å². The van der Waals surface area contributed by atoms with E-state index in [1.54, 1.807) is 0 Å². The molecule has 3 aliphatic rings. The van der Waals surface area contributed by atoms with Gasteiger partial charge in [0.2, 0.25) is 12.7 Å². The van der Waals surface area contributed by atoms with Crippen LogP contribution in [0, 0.1) is 5.92 Å². The van der Waals surface area contributed by atoms with Crippen LogP contribution >= 0.6 is 0 Å². The summed E-state index contributed by atoms with van der Waals surface area (Å²) >= 11 is 0. The molecule has 1 amide bonds. The average molecular weight is 439 g/mol. The van der Waals surface area contributed by atoms with Gasteiger partial charge in [0, 0.05) is 59.9 Å². The number of carbonyl (C=O) groups excluding carboxylic acids is 1. The van der Waals surface area contributed by atoms with Gasteiger partial charge in [-0.2, -0.15) is 17.0 Å². The Bertz CT molecular complexity index is 883. The van der Waals surface area contributed by atoms with Gasteiger partial charge in [-0.3, -0.25) is 9.69 Å². The fraction of sp³-hybridized carbons (Fsp3) is 0.650. The van der Waals surface area contributed by atoms with Crippen LogP contribution in [0.5, 0.6) is 11.5 Å². The zero-order chi connectivity index (χ0) is 21.3. The quantitative estimate of drug-likeness (QED) is 0.669. The molecule has 3 heterocycles. The maximum Gasteiger partial charge on any atom is 0.281 e. The van der Waals surface area contributed by atoms with Crippen molar-refractivity contribution in [2.45, 2.75) is 19.4 Å². The number of rotatable bonds is 5. The second-order valence-corrected chi connectivity index (χ2v) is 10.4. The highest BCUT2D eigenvalue weighted by Gasteiger charge is 2.36. The molecule has 0 aromatic heterocycles. The second kappa shape index (κ2) is 8.70. The number of hydrogen-bond acceptors (Lipinski definition) is 6. The largest absolute Gasteiger partial charge is 0.454 e. The Kier molecular flexibility index (Phi) is 6.19. The summed E-state index contributed by atoms with van der Waals surface area (Å²) in [5, 5.41) is 0. The van der Waals surface area contributed by atoms with Crippen LogP contribution in [0.25, 0.3) is 0 Å². The highest BCUT2D eigenvalue weighted by Crippen LogP contribution is 2.33. The summed E-state index contributed by atoms with van der Waals surface area (Å²) in [6.45, 7) is 4.76. The molecule has 0 saturated carbocycles. The number of piperazine rings is 1. The fourth-order valence-electron chi connectivity index (χ4n) is 4.27. The van der Waals surface area contributed by atoms with Crippen LogP contribution in [-0.4, -0.2) is 92.9 Å². The zero-order valence-electron chi connectivity index (χ0n) is 17.6. The highest BCUT2D eigenvalue weighted by molar-refractivity contribution is 7.86. The maximum atomic E-state index is 13.0. The first-order chi connectivity index (χ1) is 14.3. The molecule has 30 heavy (non-hydrogen) atoms. The molecule has 0 spiro atoms. The normalized spacial score (nSPS) is 23.2. The van der Waals surface area contributed by atoms with Crippen molar-refractivity contribution < 1.29 is 22.7 Å². The molecule has 2 saturated heterocycles. The molecule has 0 bridgehead atoms. The number of carbonyl (C=O) groups is 1. The summed E-state index contributed by atoms with van der Waals surface area (Å²) in [6, 6.07) is 6.00. The number of nitrogens with zero attached hydrogens (tertiary/aromatic N) is 4. The Hall–Kier alpha value is -1.88. The molecular formula is C20H30N4O5S. The van der Waals surface area contributed by atoms with Gasteiger partial charge in [-0.1, -0.05) is 6.07 Å². The molecule has 1 aromatic rings. The van der Waals surface area contributed by atoms with E-state index in [-0.39, 0.29) is 25.2 Å². The molecule has 3 aliphatic heterocycles. The van der Waals surface area contributed by atoms with Crippen molar-refractivity contribution in [2.24, 2.45) is 5.92 Å². The molecule has 166 valence electrons. The number of hydrogen-bond donors (Lipinski definition) is 0. The summed E-state index contributed by atoms with van der Waals surface area (Å²) in [5.74, 6) is 1.40. The third kappa shape index (κ3) is 4.41. The molecule has 1 atom stereocenters. The summed E-state index contributed by atoms with van der Waals surface area (Å²) in [4.78, 5) is 17.3. The van der Waals surface area contributed by atoms with Crippen LogP contribution in [0.3, 0.4) is 0 Å². The maximum absolute atomic E-state index is 13.0. The number of ether oxygens (including phenoxy) is 2. The molecule has 0 aliphatic carbocycles. The van der Waals surface area contributed by atoms with Crippen molar-refractivity contribution in [3.8, 4) is 11.5 Å². The molecule has 9 nitrogen and oxygen atoms in total. The summed E-state index contributed by atoms with van der Waals surface area (Å²) in [5.41, 5.74) is 1.16. The Morgan fingerprint density at radius 1 is 1.10 bits per heavy atom. The Balaban J connectivity index is 1.30. The van der Waals surface area contributed by atoms with Crippen LogP contribution in [0.2, 0.25) is 0 Å². The van der Waals surface area contributed by atoms with E-state index in [0.717, 1.165) is 43.1 Å². The predicted octanol–water partition coefficient (Wildman–Crippen LogP) is 0.578. The number of piperidine rings is 1. The van der Waals surface area contributed by atoms with E-state index >= 15 is 0 Å². The average Bonchev–Trinajstić information content (AvgIpc) is 3.21. The van der Waals surface area contributed by atoms with Gasteiger partial charge in [-0.15, -0.1) is 0 Å². The van der Waals surface area contributed by atoms with E-state index in [1.807, 2.05) is 23.1 Å². The van der Waals surface area contributed by atoms with Gasteiger partial charge in [0.05, 0.1) is 5.92 Å². The Morgan fingerprint density at radius 3 is 2.57 bits per heavy atom. The van der Waals surface area contributed by atoms with Gasteiger partial charge < -0.3 is 14.4 Å². The number of amides is 1. The predicted molar refractivity (Wildman–Crippen MR) is 111 cm³/mol. The van der Waals surface area contributed by atoms with Crippen LogP contribution in [0.15, 0.2) is 18.2 Å². The van der Waals surface area contributed by atoms with E-state index in [1.165, 1.54) is 22.7 Å². The van der Waals surface area contributed by atoms with Crippen molar-refractivity contribution >= 4 is 16.1 Å². The van der Waals surface area contributed by atoms with E-state index in [2.05, 4.69) is 4.90 Å². The van der Waals surface area contributed by atoms with Gasteiger partial charge in [-0.05, 0) is 30.5 Å². The Labute approximate surface area is 178 Å². The fourth-order valence-corrected chi connectivity index (χ4v) is 5.46. The minimum atomic E-state index is -3.48. The van der Waals surface area contributed by atoms with Crippen molar-refractivity contribution in [3.05, 3.63) is 23.8 Å². The molecule has 0 radical (unpaired) electrons. The topological polar surface area (TPSA) is 82.6 Å². The first-order valence-electron chi connectivity index (χ1n) is 10.4. The van der Waals surface area contributed by atoms with Crippen molar-refractivity contribution in [3.63, 3.8) is 0 Å². The lowest BCUT2D eigenvalue weighted by Crippen LogP contribution is -2.53. The minimum Gasteiger partial charge on any atom is -0.454 e. The second-order valence-electron chi connectivity index (χ2n) is 8.28. The van der Waals surface area contributed by atoms with Crippen molar-refractivity contribution in [1.29, 1.82) is 0 Å². The van der Waals surface area contributed by atoms with Crippen molar-refractivity contribution in [2.75, 3.05) is 60.2 Å². The zero-order valence-corrected chi connectivity index (χ0v) is 18.4. The van der Waals surface area contributed by atoms with E-state index in [0.29, 0.717) is 26.1 Å². The van der Waals surface area contributed by atoms with Crippen LogP contribution < -0.4 is 9.47 Å². The van der Waals surface area contributed by atoms with Crippen molar-refractivity contribution in [1.82, 2.24) is 18.4 Å². The SMILES string of the molecule is CN(C)S(=O)(=O)N1CCCC(C(=O)N2CCN(Cc3ccc4c(c3)OCO4)CC2)C1. The summed E-state index contributed by atoms with van der Waals surface area (Å²) < 4.78 is 38.3. The standard InChI is InChI=1S/C20H30N4O5S/c1-21(2)30(26,27)24-7-3-4-17(14-24)20(25)23-10-8-22(9-11-23)13-16-5-6-18-19(12-16)29-15-28-18/h5-6,12,17H,3-4,7-11,13-15H2,1-2H3. The van der Waals surface area contributed by atoms with Gasteiger partial charge in [0.1, 0.15) is 0 Å². The van der Waals surface area contributed by atoms with E-state index in [9.17, 15) is 13.2 Å². The lowest BCUT2D eigenvalue weighted by atomic mass is 9.97. The highest BCUT2D eigenvalue weighted by atomic mass is 32.2. The van der Waals surface area contributed by atoms with E-state index in [4.69, 9.17) is 9.47 Å². The molecule has 4 rings (SSSR count). The molecule has 1 aromatic carbocycles. The van der Waals surface area contributed by atoms with Crippen LogP contribution in [0.4, 0.5) is 0 Å². The van der Waals surface area contributed by atoms with E-state index < -0.39 is 10.2 Å². The smallest absolute Gasteiger partial charge is 0.281 e. The number of benzene rings is 1. The first kappa shape index (κ1) is 21.4. The molecule has 10 heteroatoms. The summed E-state index contributed by atoms with van der Waals surface area (Å²) in [7, 11) is -0.421. The number of fused-ring (bicyclic) bond motifs is 1.